The smallest absolute Gasteiger partial charge is 0.101 e. The highest BCUT2D eigenvalue weighted by molar-refractivity contribution is 7.05. The van der Waals surface area contributed by atoms with Crippen molar-refractivity contribution in [2.24, 2.45) is 5.92 Å². The number of hydrogen-bond donors (Lipinski definition) is 1. The van der Waals surface area contributed by atoms with Gasteiger partial charge in [0.05, 0.1) is 22.0 Å². The molecular formula is C18H27N5OS. The molecule has 2 aromatic rings. The molecule has 6 nitrogen and oxygen atoms in total. The second kappa shape index (κ2) is 7.13. The van der Waals surface area contributed by atoms with Gasteiger partial charge in [0, 0.05) is 26.2 Å². The number of rotatable bonds is 5. The second-order valence-electron chi connectivity index (χ2n) is 7.72. The Balaban J connectivity index is 1.48. The Morgan fingerprint density at radius 1 is 1.28 bits per heavy atom. The Hall–Kier alpha value is -1.31. The van der Waals surface area contributed by atoms with Gasteiger partial charge in [-0.05, 0) is 48.7 Å². The van der Waals surface area contributed by atoms with Gasteiger partial charge < -0.3 is 5.11 Å². The average molecular weight is 362 g/mol. The minimum atomic E-state index is -0.389. The zero-order chi connectivity index (χ0) is 17.4. The lowest BCUT2D eigenvalue weighted by molar-refractivity contribution is 0.0581. The van der Waals surface area contributed by atoms with E-state index in [1.807, 2.05) is 0 Å². The molecule has 0 saturated heterocycles. The van der Waals surface area contributed by atoms with Crippen molar-refractivity contribution >= 4 is 11.5 Å². The Kier molecular flexibility index (Phi) is 4.88. The van der Waals surface area contributed by atoms with Crippen molar-refractivity contribution in [3.05, 3.63) is 28.0 Å². The van der Waals surface area contributed by atoms with E-state index >= 15 is 0 Å². The minimum absolute atomic E-state index is 0.389. The molecule has 1 aliphatic carbocycles. The van der Waals surface area contributed by atoms with Crippen LogP contribution in [0.25, 0.3) is 0 Å². The summed E-state index contributed by atoms with van der Waals surface area (Å²) in [5.74, 6) is 0.822. The highest BCUT2D eigenvalue weighted by atomic mass is 32.1. The van der Waals surface area contributed by atoms with E-state index in [-0.39, 0.29) is 6.10 Å². The fraction of sp³-hybridized carbons (Fsp3) is 0.722. The van der Waals surface area contributed by atoms with Gasteiger partial charge in [-0.1, -0.05) is 24.8 Å². The third-order valence-electron chi connectivity index (χ3n) is 5.51. The molecule has 2 aromatic heterocycles. The first kappa shape index (κ1) is 17.1. The number of fused-ring (bicyclic) bond motifs is 1. The molecule has 1 aliphatic heterocycles. The summed E-state index contributed by atoms with van der Waals surface area (Å²) in [7, 11) is 0. The fourth-order valence-corrected chi connectivity index (χ4v) is 4.63. The summed E-state index contributed by atoms with van der Waals surface area (Å²) in [5.41, 5.74) is 3.21. The van der Waals surface area contributed by atoms with Crippen LogP contribution >= 0.6 is 11.5 Å². The number of aliphatic hydroxyl groups is 1. The standard InChI is InChI=1S/C18H27N5OS/c1-12(2)17-16(25-21-19-17)11-22-7-4-8-23-14(10-22)9-15(20-23)18(24)13-5-3-6-13/h9,12-13,18,24H,3-8,10-11H2,1-2H3. The van der Waals surface area contributed by atoms with Crippen molar-refractivity contribution in [1.82, 2.24) is 24.3 Å². The minimum Gasteiger partial charge on any atom is -0.386 e. The molecule has 25 heavy (non-hydrogen) atoms. The zero-order valence-corrected chi connectivity index (χ0v) is 15.9. The van der Waals surface area contributed by atoms with Gasteiger partial charge in [0.1, 0.15) is 6.10 Å². The Morgan fingerprint density at radius 3 is 2.84 bits per heavy atom. The van der Waals surface area contributed by atoms with Gasteiger partial charge in [0.2, 0.25) is 0 Å². The predicted molar refractivity (Wildman–Crippen MR) is 97.3 cm³/mol. The van der Waals surface area contributed by atoms with E-state index in [1.54, 1.807) is 0 Å². The van der Waals surface area contributed by atoms with Gasteiger partial charge in [-0.15, -0.1) is 5.10 Å². The van der Waals surface area contributed by atoms with Crippen molar-refractivity contribution in [1.29, 1.82) is 0 Å². The second-order valence-corrected chi connectivity index (χ2v) is 8.56. The number of aliphatic hydroxyl groups excluding tert-OH is 1. The highest BCUT2D eigenvalue weighted by Crippen LogP contribution is 2.37. The molecule has 0 spiro atoms. The first-order chi connectivity index (χ1) is 12.1. The van der Waals surface area contributed by atoms with Gasteiger partial charge in [0.15, 0.2) is 0 Å². The normalized spacial score (nSPS) is 20.3. The van der Waals surface area contributed by atoms with Crippen molar-refractivity contribution in [2.75, 3.05) is 6.54 Å². The number of nitrogens with zero attached hydrogens (tertiary/aromatic N) is 5. The maximum absolute atomic E-state index is 10.5. The van der Waals surface area contributed by atoms with E-state index in [9.17, 15) is 5.11 Å². The molecule has 1 N–H and O–H groups in total. The zero-order valence-electron chi connectivity index (χ0n) is 15.1. The van der Waals surface area contributed by atoms with E-state index < -0.39 is 0 Å². The number of aromatic nitrogens is 4. The number of hydrogen-bond acceptors (Lipinski definition) is 6. The molecule has 0 amide bonds. The third-order valence-corrected chi connectivity index (χ3v) is 6.23. The summed E-state index contributed by atoms with van der Waals surface area (Å²) >= 11 is 1.52. The van der Waals surface area contributed by atoms with E-state index in [2.05, 4.69) is 39.1 Å². The molecule has 1 saturated carbocycles. The molecule has 0 bridgehead atoms. The largest absolute Gasteiger partial charge is 0.386 e. The monoisotopic (exact) mass is 361 g/mol. The lowest BCUT2D eigenvalue weighted by atomic mass is 9.80. The molecule has 2 aliphatic rings. The van der Waals surface area contributed by atoms with Crippen LogP contribution in [-0.2, 0) is 19.6 Å². The lowest BCUT2D eigenvalue weighted by Gasteiger charge is -2.29. The van der Waals surface area contributed by atoms with Gasteiger partial charge in [-0.2, -0.15) is 5.10 Å². The van der Waals surface area contributed by atoms with Crippen LogP contribution in [0.3, 0.4) is 0 Å². The maximum atomic E-state index is 10.5. The molecular weight excluding hydrogens is 334 g/mol. The van der Waals surface area contributed by atoms with Crippen LogP contribution in [0.5, 0.6) is 0 Å². The van der Waals surface area contributed by atoms with Crippen LogP contribution in [0.2, 0.25) is 0 Å². The average Bonchev–Trinajstić information content (AvgIpc) is 3.09. The molecule has 1 atom stereocenters. The van der Waals surface area contributed by atoms with Crippen molar-refractivity contribution in [3.8, 4) is 0 Å². The van der Waals surface area contributed by atoms with E-state index in [4.69, 9.17) is 5.10 Å². The molecule has 0 aromatic carbocycles. The molecule has 1 unspecified atom stereocenters. The van der Waals surface area contributed by atoms with Crippen molar-refractivity contribution in [3.63, 3.8) is 0 Å². The third kappa shape index (κ3) is 3.50. The first-order valence-corrected chi connectivity index (χ1v) is 10.2. The summed E-state index contributed by atoms with van der Waals surface area (Å²) in [5, 5.41) is 19.5. The Morgan fingerprint density at radius 2 is 2.12 bits per heavy atom. The summed E-state index contributed by atoms with van der Waals surface area (Å²) in [6.45, 7) is 8.11. The summed E-state index contributed by atoms with van der Waals surface area (Å²) in [6, 6.07) is 2.12. The molecule has 136 valence electrons. The Labute approximate surface area is 153 Å². The van der Waals surface area contributed by atoms with Gasteiger partial charge >= 0.3 is 0 Å². The van der Waals surface area contributed by atoms with Crippen LogP contribution in [-0.4, -0.2) is 35.9 Å². The molecule has 4 rings (SSSR count). The van der Waals surface area contributed by atoms with Gasteiger partial charge in [-0.3, -0.25) is 9.58 Å². The van der Waals surface area contributed by atoms with Crippen LogP contribution in [0.15, 0.2) is 6.07 Å². The lowest BCUT2D eigenvalue weighted by Crippen LogP contribution is -2.23. The van der Waals surface area contributed by atoms with E-state index in [1.165, 1.54) is 28.5 Å². The quantitative estimate of drug-likeness (QED) is 0.886. The molecule has 0 radical (unpaired) electrons. The maximum Gasteiger partial charge on any atom is 0.101 e. The first-order valence-electron chi connectivity index (χ1n) is 9.40. The summed E-state index contributed by atoms with van der Waals surface area (Å²) < 4.78 is 6.26. The van der Waals surface area contributed by atoms with Crippen LogP contribution in [0.4, 0.5) is 0 Å². The van der Waals surface area contributed by atoms with Crippen LogP contribution in [0, 0.1) is 5.92 Å². The summed E-state index contributed by atoms with van der Waals surface area (Å²) in [4.78, 5) is 3.74. The van der Waals surface area contributed by atoms with Crippen molar-refractivity contribution in [2.45, 2.75) is 71.2 Å². The predicted octanol–water partition coefficient (Wildman–Crippen LogP) is 3.10. The Bertz CT molecular complexity index is 721. The highest BCUT2D eigenvalue weighted by Gasteiger charge is 2.30. The van der Waals surface area contributed by atoms with E-state index in [0.717, 1.165) is 56.8 Å². The SMILES string of the molecule is CC(C)c1nnsc1CN1CCCn2nc(C(O)C3CCC3)cc2C1. The van der Waals surface area contributed by atoms with Crippen LogP contribution in [0.1, 0.15) is 73.5 Å². The molecule has 3 heterocycles. The topological polar surface area (TPSA) is 67.1 Å². The van der Waals surface area contributed by atoms with Gasteiger partial charge in [-0.25, -0.2) is 0 Å². The summed E-state index contributed by atoms with van der Waals surface area (Å²) in [6.07, 6.45) is 4.19. The number of aryl methyl sites for hydroxylation is 1. The fourth-order valence-electron chi connectivity index (χ4n) is 3.79. The van der Waals surface area contributed by atoms with Crippen LogP contribution < -0.4 is 0 Å². The molecule has 7 heteroatoms. The van der Waals surface area contributed by atoms with Gasteiger partial charge in [0.25, 0.3) is 0 Å². The van der Waals surface area contributed by atoms with E-state index in [0.29, 0.717) is 11.8 Å². The van der Waals surface area contributed by atoms with Crippen molar-refractivity contribution < 1.29 is 5.11 Å². The molecule has 1 fully saturated rings.